The average molecular weight is 868 g/mol. The highest BCUT2D eigenvalue weighted by Crippen LogP contribution is 2.44. The second-order valence-electron chi connectivity index (χ2n) is 17.4. The minimum Gasteiger partial charge on any atom is -0.247 e. The molecule has 0 saturated heterocycles. The molecule has 0 unspecified atom stereocenters. The lowest BCUT2D eigenvalue weighted by Gasteiger charge is -2.15. The highest BCUT2D eigenvalue weighted by atomic mass is 32.1. The van der Waals surface area contributed by atoms with Crippen molar-refractivity contribution in [2.75, 3.05) is 0 Å². The van der Waals surface area contributed by atoms with Crippen LogP contribution in [0.4, 0.5) is 0 Å². The molecule has 0 spiro atoms. The smallest absolute Gasteiger partial charge is 0.161 e. The van der Waals surface area contributed by atoms with Gasteiger partial charge in [0.15, 0.2) is 5.82 Å². The molecule has 0 fully saturated rings. The molecule has 3 aromatic heterocycles. The Morgan fingerprint density at radius 1 is 0.299 bits per heavy atom. The third-order valence-corrected chi connectivity index (χ3v) is 14.9. The van der Waals surface area contributed by atoms with Crippen LogP contribution in [0.2, 0.25) is 0 Å². The van der Waals surface area contributed by atoms with Crippen molar-refractivity contribution in [1.82, 2.24) is 15.0 Å². The van der Waals surface area contributed by atoms with E-state index in [0.717, 1.165) is 66.8 Å². The fourth-order valence-corrected chi connectivity index (χ4v) is 11.7. The minimum absolute atomic E-state index is 0.703. The Labute approximate surface area is 389 Å². The van der Waals surface area contributed by atoms with Gasteiger partial charge in [0.2, 0.25) is 0 Å². The van der Waals surface area contributed by atoms with Gasteiger partial charge in [0.25, 0.3) is 0 Å². The maximum Gasteiger partial charge on any atom is 0.161 e. The van der Waals surface area contributed by atoms with Crippen molar-refractivity contribution < 1.29 is 0 Å². The Bertz CT molecular complexity index is 4180. The number of hydrogen-bond donors (Lipinski definition) is 0. The Hall–Kier alpha value is -8.57. The molecule has 310 valence electrons. The molecule has 0 saturated carbocycles. The number of fused-ring (bicyclic) bond motifs is 13. The van der Waals surface area contributed by atoms with E-state index in [1.807, 2.05) is 11.3 Å². The molecule has 3 heterocycles. The van der Waals surface area contributed by atoms with Gasteiger partial charge in [-0.05, 0) is 84.5 Å². The lowest BCUT2D eigenvalue weighted by molar-refractivity contribution is 1.19. The molecule has 0 atom stereocenters. The van der Waals surface area contributed by atoms with Crippen molar-refractivity contribution in [2.45, 2.75) is 0 Å². The van der Waals surface area contributed by atoms with Gasteiger partial charge < -0.3 is 0 Å². The zero-order chi connectivity index (χ0) is 44.0. The molecule has 0 aliphatic carbocycles. The summed E-state index contributed by atoms with van der Waals surface area (Å²) >= 11 is 1.87. The highest BCUT2D eigenvalue weighted by Gasteiger charge is 2.19. The number of thiophene rings is 1. The van der Waals surface area contributed by atoms with Gasteiger partial charge in [-0.1, -0.05) is 194 Å². The largest absolute Gasteiger partial charge is 0.247 e. The second-order valence-corrected chi connectivity index (χ2v) is 18.5. The molecule has 0 radical (unpaired) electrons. The van der Waals surface area contributed by atoms with E-state index in [-0.39, 0.29) is 0 Å². The number of rotatable bonds is 5. The van der Waals surface area contributed by atoms with Crippen LogP contribution in [0.3, 0.4) is 0 Å². The molecule has 0 aliphatic heterocycles. The summed E-state index contributed by atoms with van der Waals surface area (Å²) in [5, 5.41) is 15.7. The first-order valence-corrected chi connectivity index (χ1v) is 23.6. The van der Waals surface area contributed by atoms with E-state index < -0.39 is 0 Å². The van der Waals surface area contributed by atoms with Crippen LogP contribution in [0, 0.1) is 0 Å². The molecule has 11 aromatic carbocycles. The summed E-state index contributed by atoms with van der Waals surface area (Å²) in [6.45, 7) is 0. The molecule has 14 rings (SSSR count). The molecule has 0 bridgehead atoms. The summed E-state index contributed by atoms with van der Waals surface area (Å²) in [4.78, 5) is 16.2. The van der Waals surface area contributed by atoms with Gasteiger partial charge in [-0.15, -0.1) is 11.3 Å². The Morgan fingerprint density at radius 3 is 1.48 bits per heavy atom. The number of nitrogens with zero attached hydrogens (tertiary/aromatic N) is 3. The van der Waals surface area contributed by atoms with E-state index in [4.69, 9.17) is 15.0 Å². The van der Waals surface area contributed by atoms with Crippen molar-refractivity contribution >= 4 is 96.3 Å². The topological polar surface area (TPSA) is 38.7 Å². The number of para-hydroxylation sites is 1. The molecule has 3 nitrogen and oxygen atoms in total. The summed E-state index contributed by atoms with van der Waals surface area (Å²) < 4.78 is 2.62. The summed E-state index contributed by atoms with van der Waals surface area (Å²) in [6, 6.07) is 80.8. The van der Waals surface area contributed by atoms with Gasteiger partial charge in [0.05, 0.1) is 22.6 Å². The Kier molecular flexibility index (Phi) is 8.45. The van der Waals surface area contributed by atoms with E-state index in [1.54, 1.807) is 0 Å². The number of aromatic nitrogens is 3. The molecule has 14 aromatic rings. The SMILES string of the molecule is c1ccc2c(c1)cc(-c1cc(-c3ccc(-c4ccc(-c5nc6ccccc6c6c5ccc5c7ccccc7sc56)cc4)cc3)nc(-c3cc4ccccc4c4ccccc34)n1)c1ccccc12. The molecule has 0 aliphatic rings. The van der Waals surface area contributed by atoms with Crippen LogP contribution >= 0.6 is 11.3 Å². The van der Waals surface area contributed by atoms with Gasteiger partial charge in [0.1, 0.15) is 0 Å². The van der Waals surface area contributed by atoms with Gasteiger partial charge in [-0.2, -0.15) is 0 Å². The predicted octanol–water partition coefficient (Wildman–Crippen LogP) is 17.5. The fourth-order valence-electron chi connectivity index (χ4n) is 10.4. The van der Waals surface area contributed by atoms with E-state index >= 15 is 0 Å². The maximum atomic E-state index is 5.46. The first-order chi connectivity index (χ1) is 33.2. The van der Waals surface area contributed by atoms with E-state index in [2.05, 4.69) is 224 Å². The van der Waals surface area contributed by atoms with Crippen molar-refractivity contribution in [3.63, 3.8) is 0 Å². The summed E-state index contributed by atoms with van der Waals surface area (Å²) in [6.07, 6.45) is 0. The van der Waals surface area contributed by atoms with Crippen molar-refractivity contribution in [3.05, 3.63) is 224 Å². The van der Waals surface area contributed by atoms with E-state index in [0.29, 0.717) is 5.82 Å². The second kappa shape index (κ2) is 15.0. The number of benzene rings is 11. The van der Waals surface area contributed by atoms with Crippen LogP contribution in [0.1, 0.15) is 0 Å². The zero-order valence-corrected chi connectivity index (χ0v) is 36.9. The standard InChI is InChI=1S/C63H37N3S/c1-3-15-44-42(13-1)35-54(48-19-7-5-17-46(44)48)58-37-57(65-63(66-58)55-36-43-14-2-4-16-45(43)47-18-6-8-20-49(47)55)40-29-25-38(26-30-40)39-27-31-41(32-28-39)61-53-34-33-51-50-21-10-12-24-59(50)67-62(51)60(53)52-22-9-11-23-56(52)64-61/h1-37H. The van der Waals surface area contributed by atoms with Crippen LogP contribution < -0.4 is 0 Å². The van der Waals surface area contributed by atoms with E-state index in [9.17, 15) is 0 Å². The molecular weight excluding hydrogens is 831 g/mol. The minimum atomic E-state index is 0.703. The monoisotopic (exact) mass is 867 g/mol. The van der Waals surface area contributed by atoms with Gasteiger partial charge in [0, 0.05) is 58.6 Å². The Morgan fingerprint density at radius 2 is 0.791 bits per heavy atom. The van der Waals surface area contributed by atoms with Crippen LogP contribution in [0.25, 0.3) is 141 Å². The third kappa shape index (κ3) is 6.07. The van der Waals surface area contributed by atoms with E-state index in [1.165, 1.54) is 68.6 Å². The Balaban J connectivity index is 0.889. The average Bonchev–Trinajstić information content (AvgIpc) is 3.79. The molecular formula is C63H37N3S. The number of pyridine rings is 1. The summed E-state index contributed by atoms with van der Waals surface area (Å²) in [7, 11) is 0. The third-order valence-electron chi connectivity index (χ3n) is 13.7. The van der Waals surface area contributed by atoms with Gasteiger partial charge in [-0.3, -0.25) is 0 Å². The molecule has 0 amide bonds. The maximum absolute atomic E-state index is 5.46. The van der Waals surface area contributed by atoms with Crippen molar-refractivity contribution in [1.29, 1.82) is 0 Å². The predicted molar refractivity (Wildman–Crippen MR) is 285 cm³/mol. The number of hydrogen-bond acceptors (Lipinski definition) is 4. The fraction of sp³-hybridized carbons (Fsp3) is 0. The van der Waals surface area contributed by atoms with Crippen molar-refractivity contribution in [3.8, 4) is 56.3 Å². The summed E-state index contributed by atoms with van der Waals surface area (Å²) in [5.41, 5.74) is 10.3. The van der Waals surface area contributed by atoms with Crippen LogP contribution in [0.15, 0.2) is 224 Å². The van der Waals surface area contributed by atoms with Gasteiger partial charge >= 0.3 is 0 Å². The molecule has 0 N–H and O–H groups in total. The lowest BCUT2D eigenvalue weighted by Crippen LogP contribution is -1.98. The van der Waals surface area contributed by atoms with Crippen molar-refractivity contribution in [2.24, 2.45) is 0 Å². The lowest BCUT2D eigenvalue weighted by atomic mass is 9.94. The van der Waals surface area contributed by atoms with Crippen LogP contribution in [-0.4, -0.2) is 15.0 Å². The quantitative estimate of drug-likeness (QED) is 0.162. The first kappa shape index (κ1) is 37.8. The summed E-state index contributed by atoms with van der Waals surface area (Å²) in [5.74, 6) is 0.703. The molecule has 67 heavy (non-hydrogen) atoms. The zero-order valence-electron chi connectivity index (χ0n) is 36.1. The molecule has 4 heteroatoms. The first-order valence-electron chi connectivity index (χ1n) is 22.7. The van der Waals surface area contributed by atoms with Crippen LogP contribution in [-0.2, 0) is 0 Å². The van der Waals surface area contributed by atoms with Gasteiger partial charge in [-0.25, -0.2) is 15.0 Å². The normalized spacial score (nSPS) is 11.9. The van der Waals surface area contributed by atoms with Crippen LogP contribution in [0.5, 0.6) is 0 Å². The highest BCUT2D eigenvalue weighted by molar-refractivity contribution is 7.26.